The Hall–Kier alpha value is -0.480. The van der Waals surface area contributed by atoms with E-state index in [9.17, 15) is 0 Å². The number of rotatable bonds is 2. The summed E-state index contributed by atoms with van der Waals surface area (Å²) in [6.07, 6.45) is 5.40. The second-order valence-corrected chi connectivity index (χ2v) is 8.37. The zero-order valence-corrected chi connectivity index (χ0v) is 13.4. The van der Waals surface area contributed by atoms with Crippen LogP contribution in [0.2, 0.25) is 0 Å². The minimum atomic E-state index is 0.354. The highest BCUT2D eigenvalue weighted by atomic mass is 32.2. The van der Waals surface area contributed by atoms with Crippen LogP contribution >= 0.6 is 23.1 Å². The van der Waals surface area contributed by atoms with Crippen molar-refractivity contribution in [2.24, 2.45) is 10.9 Å². The molecule has 2 nitrogen and oxygen atoms in total. The van der Waals surface area contributed by atoms with Gasteiger partial charge in [-0.3, -0.25) is 4.99 Å². The van der Waals surface area contributed by atoms with E-state index in [2.05, 4.69) is 31.3 Å². The molecule has 0 amide bonds. The van der Waals surface area contributed by atoms with Gasteiger partial charge in [-0.15, -0.1) is 11.3 Å². The van der Waals surface area contributed by atoms with Crippen LogP contribution in [0, 0.1) is 12.8 Å². The van der Waals surface area contributed by atoms with E-state index in [1.807, 2.05) is 23.1 Å². The van der Waals surface area contributed by atoms with E-state index in [0.29, 0.717) is 5.54 Å². The van der Waals surface area contributed by atoms with Gasteiger partial charge in [0.05, 0.1) is 6.54 Å². The minimum Gasteiger partial charge on any atom is -0.359 e. The maximum Gasteiger partial charge on any atom is 0.157 e. The Labute approximate surface area is 124 Å². The van der Waals surface area contributed by atoms with E-state index in [0.717, 1.165) is 12.5 Å². The fourth-order valence-electron chi connectivity index (χ4n) is 3.22. The van der Waals surface area contributed by atoms with Gasteiger partial charge in [-0.1, -0.05) is 31.5 Å². The number of thioether (sulfide) groups is 1. The highest BCUT2D eigenvalue weighted by molar-refractivity contribution is 8.14. The molecule has 1 aliphatic carbocycles. The lowest BCUT2D eigenvalue weighted by Crippen LogP contribution is -2.47. The van der Waals surface area contributed by atoms with Crippen LogP contribution in [0.15, 0.2) is 17.1 Å². The lowest BCUT2D eigenvalue weighted by Gasteiger charge is -2.36. The number of thiophene rings is 1. The standard InChI is InChI=1S/C15H22N2S2/c1-11-4-3-7-15(8-11)10-18-14(17-15)16-9-13-6-5-12(2)19-13/h5-6,11H,3-4,7-10H2,1-2H3,(H,16,17). The van der Waals surface area contributed by atoms with E-state index in [4.69, 9.17) is 4.99 Å². The predicted molar refractivity (Wildman–Crippen MR) is 86.2 cm³/mol. The fourth-order valence-corrected chi connectivity index (χ4v) is 5.22. The zero-order valence-electron chi connectivity index (χ0n) is 11.7. The number of hydrogen-bond donors (Lipinski definition) is 1. The second kappa shape index (κ2) is 5.49. The molecule has 2 unspecified atom stereocenters. The topological polar surface area (TPSA) is 24.4 Å². The molecule has 1 saturated carbocycles. The average Bonchev–Trinajstić information content (AvgIpc) is 2.94. The first-order chi connectivity index (χ1) is 9.15. The summed E-state index contributed by atoms with van der Waals surface area (Å²) in [5.74, 6) is 2.07. The molecule has 2 aliphatic rings. The van der Waals surface area contributed by atoms with Crippen LogP contribution in [-0.2, 0) is 6.54 Å². The molecule has 1 aliphatic heterocycles. The molecule has 1 N–H and O–H groups in total. The Morgan fingerprint density at radius 2 is 2.37 bits per heavy atom. The summed E-state index contributed by atoms with van der Waals surface area (Å²) in [7, 11) is 0. The molecule has 1 aromatic rings. The maximum atomic E-state index is 4.76. The lowest BCUT2D eigenvalue weighted by atomic mass is 9.78. The van der Waals surface area contributed by atoms with Crippen molar-refractivity contribution in [3.63, 3.8) is 0 Å². The van der Waals surface area contributed by atoms with Crippen molar-refractivity contribution < 1.29 is 0 Å². The van der Waals surface area contributed by atoms with Crippen LogP contribution in [0.25, 0.3) is 0 Å². The summed E-state index contributed by atoms with van der Waals surface area (Å²) >= 11 is 3.77. The van der Waals surface area contributed by atoms with E-state index in [1.54, 1.807) is 0 Å². The second-order valence-electron chi connectivity index (χ2n) is 6.03. The van der Waals surface area contributed by atoms with Crippen molar-refractivity contribution in [2.45, 2.75) is 51.6 Å². The molecule has 0 bridgehead atoms. The van der Waals surface area contributed by atoms with Crippen LogP contribution in [0.4, 0.5) is 0 Å². The van der Waals surface area contributed by atoms with Gasteiger partial charge in [0.25, 0.3) is 0 Å². The van der Waals surface area contributed by atoms with Crippen molar-refractivity contribution >= 4 is 28.3 Å². The Morgan fingerprint density at radius 3 is 3.11 bits per heavy atom. The highest BCUT2D eigenvalue weighted by Gasteiger charge is 2.40. The Bertz CT molecular complexity index is 480. The Morgan fingerprint density at radius 1 is 1.47 bits per heavy atom. The predicted octanol–water partition coefficient (Wildman–Crippen LogP) is 4.20. The van der Waals surface area contributed by atoms with Gasteiger partial charge in [0.15, 0.2) is 5.17 Å². The molecule has 3 rings (SSSR count). The fraction of sp³-hybridized carbons (Fsp3) is 0.667. The monoisotopic (exact) mass is 294 g/mol. The van der Waals surface area contributed by atoms with E-state index in [-0.39, 0.29) is 0 Å². The molecule has 1 saturated heterocycles. The van der Waals surface area contributed by atoms with Gasteiger partial charge in [0.1, 0.15) is 0 Å². The van der Waals surface area contributed by atoms with Crippen molar-refractivity contribution in [3.05, 3.63) is 21.9 Å². The van der Waals surface area contributed by atoms with Crippen molar-refractivity contribution in [2.75, 3.05) is 5.75 Å². The van der Waals surface area contributed by atoms with Gasteiger partial charge in [-0.25, -0.2) is 0 Å². The van der Waals surface area contributed by atoms with Crippen LogP contribution < -0.4 is 5.32 Å². The first kappa shape index (κ1) is 13.5. The number of nitrogens with one attached hydrogen (secondary N) is 1. The number of hydrogen-bond acceptors (Lipinski definition) is 3. The number of aliphatic imine (C=N–C) groups is 1. The third-order valence-electron chi connectivity index (χ3n) is 4.12. The first-order valence-electron chi connectivity index (χ1n) is 7.16. The summed E-state index contributed by atoms with van der Waals surface area (Å²) in [6, 6.07) is 4.38. The Kier molecular flexibility index (Phi) is 3.90. The summed E-state index contributed by atoms with van der Waals surface area (Å²) in [5.41, 5.74) is 0.354. The smallest absolute Gasteiger partial charge is 0.157 e. The molecule has 2 fully saturated rings. The van der Waals surface area contributed by atoms with Gasteiger partial charge in [0, 0.05) is 21.0 Å². The molecule has 1 aromatic heterocycles. The first-order valence-corrected chi connectivity index (χ1v) is 8.96. The molecule has 2 heterocycles. The lowest BCUT2D eigenvalue weighted by molar-refractivity contribution is 0.242. The summed E-state index contributed by atoms with van der Waals surface area (Å²) < 4.78 is 0. The normalized spacial score (nSPS) is 32.9. The van der Waals surface area contributed by atoms with Gasteiger partial charge < -0.3 is 5.32 Å². The minimum absolute atomic E-state index is 0.354. The largest absolute Gasteiger partial charge is 0.359 e. The van der Waals surface area contributed by atoms with E-state index in [1.165, 1.54) is 46.4 Å². The third-order valence-corrected chi connectivity index (χ3v) is 6.31. The Balaban J connectivity index is 1.62. The molecule has 19 heavy (non-hydrogen) atoms. The van der Waals surface area contributed by atoms with E-state index >= 15 is 0 Å². The average molecular weight is 294 g/mol. The van der Waals surface area contributed by atoms with Crippen molar-refractivity contribution in [1.82, 2.24) is 5.32 Å². The molecule has 1 spiro atoms. The van der Waals surface area contributed by atoms with E-state index < -0.39 is 0 Å². The van der Waals surface area contributed by atoms with Crippen LogP contribution in [0.3, 0.4) is 0 Å². The molecule has 2 atom stereocenters. The summed E-state index contributed by atoms with van der Waals surface area (Å²) in [6.45, 7) is 5.37. The van der Waals surface area contributed by atoms with Gasteiger partial charge >= 0.3 is 0 Å². The van der Waals surface area contributed by atoms with Crippen LogP contribution in [0.1, 0.15) is 42.4 Å². The van der Waals surface area contributed by atoms with Crippen molar-refractivity contribution in [3.8, 4) is 0 Å². The maximum absolute atomic E-state index is 4.76. The van der Waals surface area contributed by atoms with Crippen molar-refractivity contribution in [1.29, 1.82) is 0 Å². The quantitative estimate of drug-likeness (QED) is 0.884. The molecule has 104 valence electrons. The van der Waals surface area contributed by atoms with Crippen LogP contribution in [-0.4, -0.2) is 16.5 Å². The zero-order chi connectivity index (χ0) is 13.3. The van der Waals surface area contributed by atoms with Crippen LogP contribution in [0.5, 0.6) is 0 Å². The molecular formula is C15H22N2S2. The molecule has 0 aromatic carbocycles. The van der Waals surface area contributed by atoms with Gasteiger partial charge in [-0.2, -0.15) is 0 Å². The summed E-state index contributed by atoms with van der Waals surface area (Å²) in [4.78, 5) is 7.50. The number of amidine groups is 1. The number of nitrogens with zero attached hydrogens (tertiary/aromatic N) is 1. The third kappa shape index (κ3) is 3.16. The number of aryl methyl sites for hydroxylation is 1. The SMILES string of the molecule is Cc1ccc(CN=C2NC3(CCCC(C)C3)CS2)s1. The molecule has 0 radical (unpaired) electrons. The molecular weight excluding hydrogens is 272 g/mol. The summed E-state index contributed by atoms with van der Waals surface area (Å²) in [5, 5.41) is 4.90. The van der Waals surface area contributed by atoms with Gasteiger partial charge in [0.2, 0.25) is 0 Å². The molecule has 4 heteroatoms. The highest BCUT2D eigenvalue weighted by Crippen LogP contribution is 2.38. The van der Waals surface area contributed by atoms with Gasteiger partial charge in [-0.05, 0) is 37.8 Å².